The number of para-hydroxylation sites is 2. The molecule has 6 heteroatoms. The van der Waals surface area contributed by atoms with Crippen molar-refractivity contribution in [1.29, 1.82) is 0 Å². The van der Waals surface area contributed by atoms with E-state index in [1.54, 1.807) is 19.2 Å². The normalized spacial score (nSPS) is 11.6. The van der Waals surface area contributed by atoms with Gasteiger partial charge >= 0.3 is 0 Å². The first-order valence-electron chi connectivity index (χ1n) is 6.43. The molecule has 1 rings (SSSR count). The molecule has 110 valence electrons. The highest BCUT2D eigenvalue weighted by molar-refractivity contribution is 9.10. The van der Waals surface area contributed by atoms with Crippen molar-refractivity contribution in [3.05, 3.63) is 24.3 Å². The molecule has 0 aliphatic rings. The van der Waals surface area contributed by atoms with Crippen molar-refractivity contribution in [2.75, 3.05) is 19.0 Å². The first-order valence-corrected chi connectivity index (χ1v) is 7.34. The van der Waals surface area contributed by atoms with Crippen LogP contribution in [0.1, 0.15) is 19.8 Å². The maximum absolute atomic E-state index is 11.8. The lowest BCUT2D eigenvalue weighted by molar-refractivity contribution is -0.120. The van der Waals surface area contributed by atoms with E-state index in [0.717, 1.165) is 0 Å². The lowest BCUT2D eigenvalue weighted by Crippen LogP contribution is -2.33. The highest BCUT2D eigenvalue weighted by Gasteiger charge is 2.12. The molecule has 0 radical (unpaired) electrons. The van der Waals surface area contributed by atoms with Gasteiger partial charge in [0.1, 0.15) is 5.75 Å². The quantitative estimate of drug-likeness (QED) is 0.747. The van der Waals surface area contributed by atoms with Crippen LogP contribution in [0.3, 0.4) is 0 Å². The zero-order valence-corrected chi connectivity index (χ0v) is 13.2. The van der Waals surface area contributed by atoms with Crippen LogP contribution in [0.5, 0.6) is 5.75 Å². The third-order valence-corrected chi connectivity index (χ3v) is 3.74. The van der Waals surface area contributed by atoms with E-state index >= 15 is 0 Å². The summed E-state index contributed by atoms with van der Waals surface area (Å²) in [5.41, 5.74) is 0.623. The highest BCUT2D eigenvalue weighted by atomic mass is 79.9. The Morgan fingerprint density at radius 2 is 2.05 bits per heavy atom. The molecular formula is C14H19BrN2O3. The number of benzene rings is 1. The second-order valence-electron chi connectivity index (χ2n) is 4.17. The van der Waals surface area contributed by atoms with Crippen LogP contribution in [0.25, 0.3) is 0 Å². The van der Waals surface area contributed by atoms with Crippen molar-refractivity contribution in [3.8, 4) is 5.75 Å². The molecule has 0 unspecified atom stereocenters. The summed E-state index contributed by atoms with van der Waals surface area (Å²) in [5, 5.41) is 5.45. The molecule has 0 aliphatic carbocycles. The fourth-order valence-electron chi connectivity index (χ4n) is 1.56. The van der Waals surface area contributed by atoms with Crippen molar-refractivity contribution in [3.63, 3.8) is 0 Å². The Bertz CT molecular complexity index is 465. The van der Waals surface area contributed by atoms with E-state index in [4.69, 9.17) is 4.74 Å². The minimum Gasteiger partial charge on any atom is -0.495 e. The summed E-state index contributed by atoms with van der Waals surface area (Å²) in [4.78, 5) is 23.1. The fourth-order valence-corrected chi connectivity index (χ4v) is 1.72. The van der Waals surface area contributed by atoms with Crippen LogP contribution in [-0.4, -0.2) is 30.3 Å². The van der Waals surface area contributed by atoms with Gasteiger partial charge in [-0.1, -0.05) is 35.0 Å². The molecule has 0 saturated heterocycles. The van der Waals surface area contributed by atoms with Crippen molar-refractivity contribution in [2.24, 2.45) is 0 Å². The predicted molar refractivity (Wildman–Crippen MR) is 82.3 cm³/mol. The maximum Gasteiger partial charge on any atom is 0.233 e. The van der Waals surface area contributed by atoms with E-state index in [1.165, 1.54) is 0 Å². The molecule has 20 heavy (non-hydrogen) atoms. The zero-order chi connectivity index (χ0) is 15.0. The average molecular weight is 343 g/mol. The van der Waals surface area contributed by atoms with E-state index in [2.05, 4.69) is 26.6 Å². The average Bonchev–Trinajstić information content (AvgIpc) is 2.46. The number of halogens is 1. The molecule has 0 aliphatic heterocycles. The molecule has 0 spiro atoms. The number of alkyl halides is 1. The molecule has 0 saturated carbocycles. The van der Waals surface area contributed by atoms with Crippen LogP contribution in [0.2, 0.25) is 0 Å². The van der Waals surface area contributed by atoms with Gasteiger partial charge in [0.05, 0.1) is 17.6 Å². The van der Waals surface area contributed by atoms with E-state index in [9.17, 15) is 9.59 Å². The summed E-state index contributed by atoms with van der Waals surface area (Å²) in [6.45, 7) is 2.22. The van der Waals surface area contributed by atoms with Gasteiger partial charge in [0.15, 0.2) is 0 Å². The number of hydrogen-bond donors (Lipinski definition) is 2. The zero-order valence-electron chi connectivity index (χ0n) is 11.6. The molecule has 2 amide bonds. The summed E-state index contributed by atoms with van der Waals surface area (Å²) in [7, 11) is 1.55. The molecule has 2 N–H and O–H groups in total. The lowest BCUT2D eigenvalue weighted by Gasteiger charge is -2.11. The van der Waals surface area contributed by atoms with Crippen LogP contribution in [0.4, 0.5) is 5.69 Å². The topological polar surface area (TPSA) is 67.4 Å². The number of hydrogen-bond acceptors (Lipinski definition) is 3. The van der Waals surface area contributed by atoms with Gasteiger partial charge in [-0.25, -0.2) is 0 Å². The van der Waals surface area contributed by atoms with Crippen LogP contribution < -0.4 is 15.4 Å². The molecule has 0 bridgehead atoms. The summed E-state index contributed by atoms with van der Waals surface area (Å²) in [6.07, 6.45) is 0.923. The first kappa shape index (κ1) is 16.5. The SMILES string of the molecule is CC[C@@H](Br)C(=O)NCCC(=O)Nc1ccccc1OC. The highest BCUT2D eigenvalue weighted by Crippen LogP contribution is 2.22. The van der Waals surface area contributed by atoms with Crippen molar-refractivity contribution >= 4 is 33.4 Å². The van der Waals surface area contributed by atoms with Gasteiger partial charge in [0.2, 0.25) is 11.8 Å². The Morgan fingerprint density at radius 3 is 2.70 bits per heavy atom. The van der Waals surface area contributed by atoms with Crippen molar-refractivity contribution < 1.29 is 14.3 Å². The summed E-state index contributed by atoms with van der Waals surface area (Å²) >= 11 is 3.25. The van der Waals surface area contributed by atoms with Crippen LogP contribution >= 0.6 is 15.9 Å². The summed E-state index contributed by atoms with van der Waals surface area (Å²) in [5.74, 6) is 0.339. The molecular weight excluding hydrogens is 324 g/mol. The van der Waals surface area contributed by atoms with Crippen LogP contribution in [0, 0.1) is 0 Å². The van der Waals surface area contributed by atoms with E-state index in [1.807, 2.05) is 19.1 Å². The fraction of sp³-hybridized carbons (Fsp3) is 0.429. The molecule has 1 aromatic rings. The number of carbonyl (C=O) groups excluding carboxylic acids is 2. The Labute approximate surface area is 127 Å². The van der Waals surface area contributed by atoms with Gasteiger partial charge in [-0.2, -0.15) is 0 Å². The Kier molecular flexibility index (Phi) is 7.08. The van der Waals surface area contributed by atoms with E-state index in [0.29, 0.717) is 24.4 Å². The summed E-state index contributed by atoms with van der Waals surface area (Å²) < 4.78 is 5.14. The van der Waals surface area contributed by atoms with Gasteiger partial charge in [-0.3, -0.25) is 9.59 Å². The third kappa shape index (κ3) is 5.21. The number of nitrogens with one attached hydrogen (secondary N) is 2. The van der Waals surface area contributed by atoms with E-state index in [-0.39, 0.29) is 23.1 Å². The number of methoxy groups -OCH3 is 1. The summed E-state index contributed by atoms with van der Waals surface area (Å²) in [6, 6.07) is 7.18. The lowest BCUT2D eigenvalue weighted by atomic mass is 10.2. The number of rotatable bonds is 7. The second-order valence-corrected chi connectivity index (χ2v) is 5.27. The van der Waals surface area contributed by atoms with Gasteiger partial charge in [0, 0.05) is 13.0 Å². The van der Waals surface area contributed by atoms with Gasteiger partial charge in [-0.05, 0) is 18.6 Å². The number of amides is 2. The predicted octanol–water partition coefficient (Wildman–Crippen LogP) is 2.31. The number of carbonyl (C=O) groups is 2. The Morgan fingerprint density at radius 1 is 1.35 bits per heavy atom. The van der Waals surface area contributed by atoms with E-state index < -0.39 is 0 Å². The van der Waals surface area contributed by atoms with Crippen molar-refractivity contribution in [1.82, 2.24) is 5.32 Å². The maximum atomic E-state index is 11.8. The molecule has 1 aromatic carbocycles. The third-order valence-electron chi connectivity index (χ3n) is 2.68. The number of anilines is 1. The Balaban J connectivity index is 2.39. The van der Waals surface area contributed by atoms with Crippen molar-refractivity contribution in [2.45, 2.75) is 24.6 Å². The first-order chi connectivity index (χ1) is 9.58. The van der Waals surface area contributed by atoms with Gasteiger partial charge < -0.3 is 15.4 Å². The minimum absolute atomic E-state index is 0.0995. The van der Waals surface area contributed by atoms with Gasteiger partial charge in [0.25, 0.3) is 0 Å². The molecule has 0 heterocycles. The number of ether oxygens (including phenoxy) is 1. The van der Waals surface area contributed by atoms with Crippen LogP contribution in [-0.2, 0) is 9.59 Å². The Hall–Kier alpha value is -1.56. The standard InChI is InChI=1S/C14H19BrN2O3/c1-3-10(15)14(19)16-9-8-13(18)17-11-6-4-5-7-12(11)20-2/h4-7,10H,3,8-9H2,1-2H3,(H,16,19)(H,17,18)/t10-/m1/s1. The molecule has 0 aromatic heterocycles. The molecule has 0 fully saturated rings. The largest absolute Gasteiger partial charge is 0.495 e. The van der Waals surface area contributed by atoms with Gasteiger partial charge in [-0.15, -0.1) is 0 Å². The minimum atomic E-state index is -0.209. The molecule has 1 atom stereocenters. The molecule has 5 nitrogen and oxygen atoms in total. The second kappa shape index (κ2) is 8.58. The van der Waals surface area contributed by atoms with Crippen LogP contribution in [0.15, 0.2) is 24.3 Å². The monoisotopic (exact) mass is 342 g/mol. The smallest absolute Gasteiger partial charge is 0.233 e.